The van der Waals surface area contributed by atoms with Crippen LogP contribution in [-0.4, -0.2) is 11.9 Å². The fraction of sp³-hybridized carbons (Fsp3) is 0.188. The third-order valence-electron chi connectivity index (χ3n) is 3.39. The van der Waals surface area contributed by atoms with Crippen LogP contribution in [0, 0.1) is 0 Å². The number of halogens is 1. The fourth-order valence-corrected chi connectivity index (χ4v) is 2.64. The van der Waals surface area contributed by atoms with E-state index in [1.807, 2.05) is 19.1 Å². The predicted molar refractivity (Wildman–Crippen MR) is 79.5 cm³/mol. The summed E-state index contributed by atoms with van der Waals surface area (Å²) >= 11 is 6.08. The van der Waals surface area contributed by atoms with Crippen molar-refractivity contribution in [2.45, 2.75) is 19.4 Å². The molecule has 3 rings (SSSR count). The Hall–Kier alpha value is -2.00. The molecule has 20 heavy (non-hydrogen) atoms. The third-order valence-corrected chi connectivity index (χ3v) is 3.72. The molecule has 2 aromatic rings. The van der Waals surface area contributed by atoms with Crippen molar-refractivity contribution in [3.63, 3.8) is 0 Å². The lowest BCUT2D eigenvalue weighted by Gasteiger charge is -2.06. The van der Waals surface area contributed by atoms with Crippen molar-refractivity contribution >= 4 is 23.1 Å². The highest BCUT2D eigenvalue weighted by molar-refractivity contribution is 6.35. The molecule has 0 saturated carbocycles. The van der Waals surface area contributed by atoms with Gasteiger partial charge in [-0.15, -0.1) is 0 Å². The summed E-state index contributed by atoms with van der Waals surface area (Å²) in [5, 5.41) is 0.411. The summed E-state index contributed by atoms with van der Waals surface area (Å²) in [6.07, 6.45) is 0.979. The second-order valence-corrected chi connectivity index (χ2v) is 5.43. The molecule has 3 nitrogen and oxygen atoms in total. The van der Waals surface area contributed by atoms with Crippen molar-refractivity contribution < 1.29 is 9.53 Å². The van der Waals surface area contributed by atoms with E-state index >= 15 is 0 Å². The average molecular weight is 288 g/mol. The van der Waals surface area contributed by atoms with Crippen molar-refractivity contribution in [3.05, 3.63) is 58.1 Å². The number of carbonyl (C=O) groups excluding carboxylic acids is 1. The smallest absolute Gasteiger partial charge is 0.194 e. The molecule has 1 unspecified atom stereocenters. The van der Waals surface area contributed by atoms with E-state index in [1.54, 1.807) is 24.3 Å². The van der Waals surface area contributed by atoms with Crippen LogP contribution in [0.2, 0.25) is 5.02 Å². The van der Waals surface area contributed by atoms with Crippen LogP contribution >= 0.6 is 11.6 Å². The Morgan fingerprint density at radius 2 is 2.10 bits per heavy atom. The molecule has 1 heterocycles. The zero-order valence-corrected chi connectivity index (χ0v) is 11.8. The molecule has 102 valence electrons. The van der Waals surface area contributed by atoms with E-state index in [0.29, 0.717) is 21.8 Å². The summed E-state index contributed by atoms with van der Waals surface area (Å²) < 4.78 is 5.63. The Bertz CT molecular complexity index is 697. The first-order chi connectivity index (χ1) is 9.54. The van der Waals surface area contributed by atoms with Gasteiger partial charge in [-0.3, -0.25) is 4.79 Å². The van der Waals surface area contributed by atoms with Gasteiger partial charge in [0.1, 0.15) is 11.9 Å². The number of fused-ring (bicyclic) bond motifs is 1. The number of rotatable bonds is 2. The molecule has 1 atom stereocenters. The molecule has 0 bridgehead atoms. The molecule has 0 aromatic heterocycles. The number of nitrogen functional groups attached to an aromatic ring is 1. The second-order valence-electron chi connectivity index (χ2n) is 5.02. The van der Waals surface area contributed by atoms with E-state index in [0.717, 1.165) is 17.7 Å². The molecule has 0 fully saturated rings. The number of carbonyl (C=O) groups is 1. The van der Waals surface area contributed by atoms with E-state index in [2.05, 4.69) is 0 Å². The van der Waals surface area contributed by atoms with Gasteiger partial charge < -0.3 is 10.5 Å². The van der Waals surface area contributed by atoms with Crippen LogP contribution in [0.5, 0.6) is 5.75 Å². The molecule has 2 aromatic carbocycles. The van der Waals surface area contributed by atoms with Crippen LogP contribution in [0.1, 0.15) is 28.4 Å². The molecule has 0 radical (unpaired) electrons. The summed E-state index contributed by atoms with van der Waals surface area (Å²) in [6, 6.07) is 10.4. The number of anilines is 1. The van der Waals surface area contributed by atoms with Crippen molar-refractivity contribution in [1.29, 1.82) is 0 Å². The lowest BCUT2D eigenvalue weighted by molar-refractivity contribution is 0.103. The molecule has 0 spiro atoms. The number of benzene rings is 2. The molecular weight excluding hydrogens is 274 g/mol. The number of nitrogens with two attached hydrogens (primary N) is 1. The van der Waals surface area contributed by atoms with Gasteiger partial charge >= 0.3 is 0 Å². The standard InChI is InChI=1S/C16H14ClNO2/c1-9-6-11-7-10(2-5-15(11)20-9)16(19)13-8-12(18)3-4-14(13)17/h2-5,7-9H,6,18H2,1H3. The maximum atomic E-state index is 12.5. The second kappa shape index (κ2) is 4.84. The quantitative estimate of drug-likeness (QED) is 0.679. The Balaban J connectivity index is 1.99. The molecule has 0 saturated heterocycles. The van der Waals surface area contributed by atoms with Gasteiger partial charge in [0, 0.05) is 23.2 Å². The van der Waals surface area contributed by atoms with Crippen LogP contribution in [0.25, 0.3) is 0 Å². The molecule has 2 N–H and O–H groups in total. The molecule has 1 aliphatic heterocycles. The SMILES string of the molecule is CC1Cc2cc(C(=O)c3cc(N)ccc3Cl)ccc2O1. The Morgan fingerprint density at radius 1 is 1.30 bits per heavy atom. The first kappa shape index (κ1) is 13.0. The lowest BCUT2D eigenvalue weighted by atomic mass is 9.99. The predicted octanol–water partition coefficient (Wildman–Crippen LogP) is 3.48. The zero-order chi connectivity index (χ0) is 14.3. The first-order valence-corrected chi connectivity index (χ1v) is 6.81. The van der Waals surface area contributed by atoms with Crippen molar-refractivity contribution in [2.24, 2.45) is 0 Å². The van der Waals surface area contributed by atoms with E-state index in [9.17, 15) is 4.79 Å². The Kier molecular flexibility index (Phi) is 3.14. The van der Waals surface area contributed by atoms with Crippen LogP contribution in [0.3, 0.4) is 0 Å². The zero-order valence-electron chi connectivity index (χ0n) is 11.0. The molecule has 0 amide bonds. The first-order valence-electron chi connectivity index (χ1n) is 6.44. The fourth-order valence-electron chi connectivity index (χ4n) is 2.44. The topological polar surface area (TPSA) is 52.3 Å². The minimum Gasteiger partial charge on any atom is -0.490 e. The maximum absolute atomic E-state index is 12.5. The van der Waals surface area contributed by atoms with Gasteiger partial charge in [-0.2, -0.15) is 0 Å². The molecule has 4 heteroatoms. The molecular formula is C16H14ClNO2. The van der Waals surface area contributed by atoms with E-state index in [1.165, 1.54) is 0 Å². The highest BCUT2D eigenvalue weighted by Crippen LogP contribution is 2.31. The monoisotopic (exact) mass is 287 g/mol. The number of hydrogen-bond acceptors (Lipinski definition) is 3. The average Bonchev–Trinajstić information content (AvgIpc) is 2.79. The summed E-state index contributed by atoms with van der Waals surface area (Å²) in [4.78, 5) is 12.5. The van der Waals surface area contributed by atoms with Gasteiger partial charge in [0.25, 0.3) is 0 Å². The van der Waals surface area contributed by atoms with Crippen LogP contribution in [-0.2, 0) is 6.42 Å². The highest BCUT2D eigenvalue weighted by atomic mass is 35.5. The summed E-state index contributed by atoms with van der Waals surface area (Å²) in [6.45, 7) is 2.01. The van der Waals surface area contributed by atoms with E-state index < -0.39 is 0 Å². The minimum absolute atomic E-state index is 0.121. The summed E-state index contributed by atoms with van der Waals surface area (Å²) in [7, 11) is 0. The van der Waals surface area contributed by atoms with Gasteiger partial charge in [0.15, 0.2) is 5.78 Å². The normalized spacial score (nSPS) is 16.6. The third kappa shape index (κ3) is 2.25. The van der Waals surface area contributed by atoms with Crippen LogP contribution in [0.15, 0.2) is 36.4 Å². The van der Waals surface area contributed by atoms with Gasteiger partial charge in [-0.25, -0.2) is 0 Å². The van der Waals surface area contributed by atoms with Gasteiger partial charge in [0.2, 0.25) is 0 Å². The summed E-state index contributed by atoms with van der Waals surface area (Å²) in [5.41, 5.74) is 8.34. The number of ketones is 1. The Morgan fingerprint density at radius 3 is 2.90 bits per heavy atom. The van der Waals surface area contributed by atoms with Gasteiger partial charge in [-0.1, -0.05) is 11.6 Å². The highest BCUT2D eigenvalue weighted by Gasteiger charge is 2.21. The minimum atomic E-state index is -0.121. The van der Waals surface area contributed by atoms with Gasteiger partial charge in [0.05, 0.1) is 5.02 Å². The van der Waals surface area contributed by atoms with E-state index in [4.69, 9.17) is 22.1 Å². The van der Waals surface area contributed by atoms with Crippen molar-refractivity contribution in [3.8, 4) is 5.75 Å². The Labute approximate surface area is 122 Å². The summed E-state index contributed by atoms with van der Waals surface area (Å²) in [5.74, 6) is 0.734. The molecule has 0 aliphatic carbocycles. The van der Waals surface area contributed by atoms with Crippen LogP contribution in [0.4, 0.5) is 5.69 Å². The van der Waals surface area contributed by atoms with Crippen molar-refractivity contribution in [2.75, 3.05) is 5.73 Å². The molecule has 1 aliphatic rings. The van der Waals surface area contributed by atoms with E-state index in [-0.39, 0.29) is 11.9 Å². The maximum Gasteiger partial charge on any atom is 0.194 e. The lowest BCUT2D eigenvalue weighted by Crippen LogP contribution is -2.05. The number of hydrogen-bond donors (Lipinski definition) is 1. The largest absolute Gasteiger partial charge is 0.490 e. The van der Waals surface area contributed by atoms with Crippen molar-refractivity contribution in [1.82, 2.24) is 0 Å². The number of ether oxygens (including phenoxy) is 1. The van der Waals surface area contributed by atoms with Crippen LogP contribution < -0.4 is 10.5 Å². The van der Waals surface area contributed by atoms with Gasteiger partial charge in [-0.05, 0) is 48.9 Å².